The van der Waals surface area contributed by atoms with Gasteiger partial charge >= 0.3 is 0 Å². The monoisotopic (exact) mass is 507 g/mol. The Kier molecular flexibility index (Phi) is 7.35. The summed E-state index contributed by atoms with van der Waals surface area (Å²) >= 11 is 0. The van der Waals surface area contributed by atoms with Crippen LogP contribution in [0.3, 0.4) is 0 Å². The highest BCUT2D eigenvalue weighted by molar-refractivity contribution is 5.90. The molecule has 0 radical (unpaired) electrons. The second-order valence-corrected chi connectivity index (χ2v) is 9.22. The van der Waals surface area contributed by atoms with Crippen LogP contribution in [0.4, 0.5) is 5.88 Å². The summed E-state index contributed by atoms with van der Waals surface area (Å²) < 4.78 is 12.1. The number of nitriles is 2. The third-order valence-corrected chi connectivity index (χ3v) is 6.40. The van der Waals surface area contributed by atoms with Gasteiger partial charge in [0.1, 0.15) is 29.7 Å². The fraction of sp³-hybridized carbons (Fsp3) is 0.0882. The first kappa shape index (κ1) is 25.3. The Labute approximate surface area is 227 Å². The maximum atomic E-state index is 10.1. The predicted octanol–water partition coefficient (Wildman–Crippen LogP) is 8.30. The Morgan fingerprint density at radius 3 is 2.05 bits per heavy atom. The zero-order valence-electron chi connectivity index (χ0n) is 21.7. The minimum atomic E-state index is 0.261. The minimum Gasteiger partial charge on any atom is -0.489 e. The average Bonchev–Trinajstić information content (AvgIpc) is 3.35. The van der Waals surface area contributed by atoms with E-state index in [2.05, 4.69) is 17.1 Å². The van der Waals surface area contributed by atoms with Crippen LogP contribution in [-0.4, -0.2) is 6.21 Å². The van der Waals surface area contributed by atoms with Crippen LogP contribution in [0.15, 0.2) is 106 Å². The molecular formula is C34H25N3O2. The Hall–Kier alpha value is -5.39. The van der Waals surface area contributed by atoms with E-state index in [0.717, 1.165) is 38.9 Å². The molecule has 0 unspecified atom stereocenters. The van der Waals surface area contributed by atoms with E-state index in [1.54, 1.807) is 12.3 Å². The number of aryl methyl sites for hydroxylation is 2. The SMILES string of the molecule is Cc1ccc(-c2oc(N=Cc3ccc(OCc4ccccc4C#N)cc3)c(C#N)c2-c2ccc(C)cc2)cc1. The van der Waals surface area contributed by atoms with Crippen LogP contribution in [0.2, 0.25) is 0 Å². The summed E-state index contributed by atoms with van der Waals surface area (Å²) in [5, 5.41) is 19.4. The molecule has 1 aromatic heterocycles. The van der Waals surface area contributed by atoms with Crippen molar-refractivity contribution in [2.75, 3.05) is 0 Å². The maximum absolute atomic E-state index is 10.1. The molecule has 0 atom stereocenters. The molecule has 4 aromatic carbocycles. The predicted molar refractivity (Wildman–Crippen MR) is 153 cm³/mol. The summed E-state index contributed by atoms with van der Waals surface area (Å²) in [6.45, 7) is 4.37. The summed E-state index contributed by atoms with van der Waals surface area (Å²) in [6, 6.07) is 35.4. The van der Waals surface area contributed by atoms with Gasteiger partial charge < -0.3 is 9.15 Å². The third kappa shape index (κ3) is 5.64. The molecule has 5 nitrogen and oxygen atoms in total. The molecule has 0 spiro atoms. The quantitative estimate of drug-likeness (QED) is 0.207. The van der Waals surface area contributed by atoms with Crippen molar-refractivity contribution in [2.45, 2.75) is 20.5 Å². The molecule has 0 fully saturated rings. The van der Waals surface area contributed by atoms with Gasteiger partial charge in [0.25, 0.3) is 0 Å². The zero-order valence-corrected chi connectivity index (χ0v) is 21.7. The minimum absolute atomic E-state index is 0.261. The van der Waals surface area contributed by atoms with E-state index in [1.807, 2.05) is 105 Å². The first-order valence-corrected chi connectivity index (χ1v) is 12.5. The van der Waals surface area contributed by atoms with Crippen molar-refractivity contribution in [3.05, 3.63) is 130 Å². The lowest BCUT2D eigenvalue weighted by molar-refractivity contribution is 0.306. The highest BCUT2D eigenvalue weighted by atomic mass is 16.5. The van der Waals surface area contributed by atoms with E-state index in [0.29, 0.717) is 29.2 Å². The largest absolute Gasteiger partial charge is 0.489 e. The van der Waals surface area contributed by atoms with E-state index in [9.17, 15) is 10.5 Å². The number of nitrogens with zero attached hydrogens (tertiary/aromatic N) is 3. The Bertz CT molecular complexity index is 1710. The van der Waals surface area contributed by atoms with Crippen LogP contribution in [0.5, 0.6) is 5.75 Å². The third-order valence-electron chi connectivity index (χ3n) is 6.40. The standard InChI is InChI=1S/C34H25N3O2/c1-23-7-13-26(14-8-23)32-31(20-36)34(39-33(32)27-15-9-24(2)10-16-27)37-21-25-11-17-30(18-12-25)38-22-29-6-4-3-5-28(29)19-35/h3-18,21H,22H2,1-2H3. The number of aliphatic imine (C=N–C) groups is 1. The molecule has 188 valence electrons. The molecule has 5 aromatic rings. The van der Waals surface area contributed by atoms with Gasteiger partial charge in [-0.3, -0.25) is 0 Å². The summed E-state index contributed by atoms with van der Waals surface area (Å²) in [5.74, 6) is 1.56. The first-order valence-electron chi connectivity index (χ1n) is 12.5. The summed E-state index contributed by atoms with van der Waals surface area (Å²) in [4.78, 5) is 4.57. The summed E-state index contributed by atoms with van der Waals surface area (Å²) in [5.41, 5.74) is 7.45. The number of furan rings is 1. The van der Waals surface area contributed by atoms with E-state index in [-0.39, 0.29) is 5.88 Å². The lowest BCUT2D eigenvalue weighted by Gasteiger charge is -2.07. The molecule has 5 rings (SSSR count). The Morgan fingerprint density at radius 2 is 1.41 bits per heavy atom. The van der Waals surface area contributed by atoms with Crippen LogP contribution < -0.4 is 4.74 Å². The average molecular weight is 508 g/mol. The fourth-order valence-corrected chi connectivity index (χ4v) is 4.22. The van der Waals surface area contributed by atoms with E-state index < -0.39 is 0 Å². The van der Waals surface area contributed by atoms with Gasteiger partial charge in [-0.1, -0.05) is 77.9 Å². The molecule has 39 heavy (non-hydrogen) atoms. The number of benzene rings is 4. The van der Waals surface area contributed by atoms with Crippen LogP contribution in [0, 0.1) is 36.5 Å². The van der Waals surface area contributed by atoms with E-state index in [4.69, 9.17) is 9.15 Å². The number of hydrogen-bond acceptors (Lipinski definition) is 5. The fourth-order valence-electron chi connectivity index (χ4n) is 4.22. The highest BCUT2D eigenvalue weighted by Gasteiger charge is 2.22. The molecule has 0 saturated heterocycles. The van der Waals surface area contributed by atoms with Crippen molar-refractivity contribution < 1.29 is 9.15 Å². The van der Waals surface area contributed by atoms with Crippen LogP contribution in [-0.2, 0) is 6.61 Å². The number of ether oxygens (including phenoxy) is 1. The van der Waals surface area contributed by atoms with Gasteiger partial charge in [0.2, 0.25) is 5.88 Å². The van der Waals surface area contributed by atoms with Gasteiger partial charge in [-0.25, -0.2) is 4.99 Å². The van der Waals surface area contributed by atoms with Crippen LogP contribution in [0.1, 0.15) is 33.4 Å². The Balaban J connectivity index is 1.43. The zero-order chi connectivity index (χ0) is 27.2. The molecule has 0 saturated carbocycles. The Morgan fingerprint density at radius 1 is 0.769 bits per heavy atom. The van der Waals surface area contributed by atoms with E-state index >= 15 is 0 Å². The van der Waals surface area contributed by atoms with E-state index in [1.165, 1.54) is 0 Å². The van der Waals surface area contributed by atoms with Gasteiger partial charge in [0.05, 0.1) is 11.6 Å². The second-order valence-electron chi connectivity index (χ2n) is 9.22. The summed E-state index contributed by atoms with van der Waals surface area (Å²) in [6.07, 6.45) is 1.67. The summed E-state index contributed by atoms with van der Waals surface area (Å²) in [7, 11) is 0. The molecule has 5 heteroatoms. The topological polar surface area (TPSA) is 82.3 Å². The highest BCUT2D eigenvalue weighted by Crippen LogP contribution is 2.42. The van der Waals surface area contributed by atoms with Gasteiger partial charge in [0.15, 0.2) is 0 Å². The molecule has 0 amide bonds. The van der Waals surface area contributed by atoms with Gasteiger partial charge in [0, 0.05) is 22.9 Å². The molecule has 0 aliphatic heterocycles. The van der Waals surface area contributed by atoms with Gasteiger partial charge in [-0.15, -0.1) is 0 Å². The lowest BCUT2D eigenvalue weighted by atomic mass is 9.97. The lowest BCUT2D eigenvalue weighted by Crippen LogP contribution is -1.98. The maximum Gasteiger partial charge on any atom is 0.238 e. The van der Waals surface area contributed by atoms with Crippen molar-refractivity contribution in [1.82, 2.24) is 0 Å². The normalized spacial score (nSPS) is 10.8. The van der Waals surface area contributed by atoms with Gasteiger partial charge in [-0.05, 0) is 55.3 Å². The molecule has 1 heterocycles. The van der Waals surface area contributed by atoms with Crippen LogP contribution >= 0.6 is 0 Å². The van der Waals surface area contributed by atoms with Crippen molar-refractivity contribution in [3.8, 4) is 40.3 Å². The van der Waals surface area contributed by atoms with Crippen LogP contribution in [0.25, 0.3) is 22.5 Å². The molecular weight excluding hydrogens is 482 g/mol. The molecule has 0 aliphatic rings. The molecule has 0 aliphatic carbocycles. The first-order chi connectivity index (χ1) is 19.1. The van der Waals surface area contributed by atoms with Gasteiger partial charge in [-0.2, -0.15) is 10.5 Å². The smallest absolute Gasteiger partial charge is 0.238 e. The van der Waals surface area contributed by atoms with Crippen molar-refractivity contribution >= 4 is 12.1 Å². The van der Waals surface area contributed by atoms with Crippen molar-refractivity contribution in [2.24, 2.45) is 4.99 Å². The second kappa shape index (κ2) is 11.3. The van der Waals surface area contributed by atoms with Crippen molar-refractivity contribution in [3.63, 3.8) is 0 Å². The van der Waals surface area contributed by atoms with Crippen molar-refractivity contribution in [1.29, 1.82) is 10.5 Å². The number of hydrogen-bond donors (Lipinski definition) is 0. The molecule has 0 N–H and O–H groups in total. The number of rotatable bonds is 7. The molecule has 0 bridgehead atoms.